The van der Waals surface area contributed by atoms with Crippen LogP contribution in [0, 0.1) is 0 Å². The van der Waals surface area contributed by atoms with Crippen LogP contribution in [0.15, 0.2) is 24.3 Å². The SMILES string of the molecule is CCCCCCCCCCCCSC(=S)SC(C)([CH2][Co][CH]([CH2][Co][C](C)(C)C(=O)OCCOCCOC)c1ccc(B(O)O)cc1)C(=O)OCCOC(=S)NC. The van der Waals surface area contributed by atoms with Gasteiger partial charge < -0.3 is 0 Å². The topological polar surface area (TPSA) is 133 Å². The third kappa shape index (κ3) is 24.3. The van der Waals surface area contributed by atoms with Gasteiger partial charge in [-0.25, -0.2) is 0 Å². The fourth-order valence-electron chi connectivity index (χ4n) is 4.72. The summed E-state index contributed by atoms with van der Waals surface area (Å²) in [6.45, 7) is 9.29. The van der Waals surface area contributed by atoms with E-state index in [0.29, 0.717) is 32.9 Å². The van der Waals surface area contributed by atoms with E-state index in [1.54, 1.807) is 38.1 Å². The van der Waals surface area contributed by atoms with Crippen LogP contribution in [0.25, 0.3) is 0 Å². The van der Waals surface area contributed by atoms with Gasteiger partial charge in [0.05, 0.1) is 0 Å². The van der Waals surface area contributed by atoms with Crippen LogP contribution in [0.3, 0.4) is 0 Å². The van der Waals surface area contributed by atoms with E-state index >= 15 is 0 Å². The van der Waals surface area contributed by atoms with Gasteiger partial charge in [0.15, 0.2) is 0 Å². The molecule has 0 aromatic heterocycles. The molecule has 2 atom stereocenters. The second kappa shape index (κ2) is 31.5. The number of thiocarbonyl (C=S) groups is 2. The van der Waals surface area contributed by atoms with Gasteiger partial charge in [-0.3, -0.25) is 0 Å². The zero-order valence-corrected chi connectivity index (χ0v) is 38.8. The third-order valence-corrected chi connectivity index (χ3v) is 15.6. The molecule has 0 heterocycles. The van der Waals surface area contributed by atoms with E-state index in [9.17, 15) is 19.6 Å². The van der Waals surface area contributed by atoms with E-state index in [2.05, 4.69) is 12.2 Å². The van der Waals surface area contributed by atoms with Crippen LogP contribution in [0.1, 0.15) is 102 Å². The number of hydrogen-bond donors (Lipinski definition) is 3. The van der Waals surface area contributed by atoms with Gasteiger partial charge in [-0.2, -0.15) is 0 Å². The number of thioether (sulfide) groups is 2. The Kier molecular flexibility index (Phi) is 30.1. The molecule has 0 bridgehead atoms. The fourth-order valence-corrected chi connectivity index (χ4v) is 11.4. The first-order valence-corrected chi connectivity index (χ1v) is 24.1. The fraction of sp³-hybridized carbons (Fsp3) is 0.737. The van der Waals surface area contributed by atoms with Crippen molar-refractivity contribution in [2.75, 3.05) is 59.6 Å². The maximum absolute atomic E-state index is 13.8. The van der Waals surface area contributed by atoms with Crippen LogP contribution in [0.4, 0.5) is 0 Å². The van der Waals surface area contributed by atoms with Crippen LogP contribution < -0.4 is 10.8 Å². The number of rotatable bonds is 31. The van der Waals surface area contributed by atoms with Crippen molar-refractivity contribution in [3.8, 4) is 0 Å². The Balaban J connectivity index is 2.99. The van der Waals surface area contributed by atoms with Crippen molar-refractivity contribution >= 4 is 81.2 Å². The van der Waals surface area contributed by atoms with E-state index < -0.39 is 22.2 Å². The Bertz CT molecular complexity index is 1240. The van der Waals surface area contributed by atoms with Crippen molar-refractivity contribution in [3.05, 3.63) is 29.8 Å². The third-order valence-electron chi connectivity index (χ3n) is 8.10. The predicted molar refractivity (Wildman–Crippen MR) is 228 cm³/mol. The molecular formula is C38H64BCo2NO9S4. The molecule has 0 saturated heterocycles. The number of methoxy groups -OCH3 is 1. The number of unbranched alkanes of at least 4 members (excludes halogenated alkanes) is 9. The van der Waals surface area contributed by atoms with Crippen molar-refractivity contribution < 1.29 is 72.7 Å². The zero-order chi connectivity index (χ0) is 41.0. The molecule has 0 fully saturated rings. The molecule has 0 spiro atoms. The van der Waals surface area contributed by atoms with E-state index in [1.165, 1.54) is 69.5 Å². The second-order valence-corrected chi connectivity index (χ2v) is 21.1. The summed E-state index contributed by atoms with van der Waals surface area (Å²) >= 11 is 15.7. The molecule has 320 valence electrons. The molecule has 0 saturated carbocycles. The van der Waals surface area contributed by atoms with Crippen molar-refractivity contribution in [1.29, 1.82) is 0 Å². The van der Waals surface area contributed by atoms with Crippen molar-refractivity contribution in [2.45, 2.75) is 117 Å². The maximum atomic E-state index is 13.8. The van der Waals surface area contributed by atoms with E-state index in [0.717, 1.165) is 47.1 Å². The number of carbonyl (C=O) groups is 2. The summed E-state index contributed by atoms with van der Waals surface area (Å²) < 4.78 is 25.9. The summed E-state index contributed by atoms with van der Waals surface area (Å²) in [6, 6.07) is 7.08. The number of nitrogens with one attached hydrogen (secondary N) is 1. The minimum atomic E-state index is -1.59. The first-order valence-electron chi connectivity index (χ1n) is 18.9. The average Bonchev–Trinajstić information content (AvgIpc) is 3.16. The Hall–Kier alpha value is -0.442. The van der Waals surface area contributed by atoms with Crippen molar-refractivity contribution in [2.24, 2.45) is 0 Å². The minimum absolute atomic E-state index is 0.0341. The van der Waals surface area contributed by atoms with Gasteiger partial charge in [0.2, 0.25) is 0 Å². The summed E-state index contributed by atoms with van der Waals surface area (Å²) in [7, 11) is 1.67. The Morgan fingerprint density at radius 3 is 2.00 bits per heavy atom. The van der Waals surface area contributed by atoms with Gasteiger partial charge >= 0.3 is 333 Å². The standard InChI is InChI=1S/C21H38NO3S4.C9H17O4.C8H9BO2.2Co/c1-5-6-7-8-9-10-11-12-13-14-17-28-20(27)29-21(2,3)18(23)24-15-16-25-19(26)22-4;1-8(2)9(10)13-7-6-12-5-4-11-3;1-2-7-3-5-8(6-4-7)9(10)11;;/h2,5-17H2,1,3-4H3,(H,22,26);4-7H2,1-3H3;2-6,10-11H,1H2;;. The van der Waals surface area contributed by atoms with Gasteiger partial charge in [0.25, 0.3) is 0 Å². The van der Waals surface area contributed by atoms with Crippen LogP contribution in [-0.4, -0.2) is 102 Å². The second-order valence-electron chi connectivity index (χ2n) is 13.3. The molecule has 0 aliphatic rings. The van der Waals surface area contributed by atoms with Crippen LogP contribution >= 0.6 is 48.0 Å². The summed E-state index contributed by atoms with van der Waals surface area (Å²) in [5, 5.41) is 23.4. The Labute approximate surface area is 362 Å². The van der Waals surface area contributed by atoms with Crippen LogP contribution in [-0.2, 0) is 62.7 Å². The molecule has 0 radical (unpaired) electrons. The van der Waals surface area contributed by atoms with Crippen molar-refractivity contribution in [3.63, 3.8) is 0 Å². The number of carbonyl (C=O) groups excluding carboxylic acids is 2. The molecule has 0 aliphatic heterocycles. The average molecular weight is 936 g/mol. The molecule has 1 aromatic rings. The number of benzene rings is 1. The molecule has 3 N–H and O–H groups in total. The Morgan fingerprint density at radius 1 is 0.836 bits per heavy atom. The van der Waals surface area contributed by atoms with Crippen LogP contribution in [0.2, 0.25) is 15.1 Å². The number of ether oxygens (including phenoxy) is 5. The van der Waals surface area contributed by atoms with Gasteiger partial charge in [-0.15, -0.1) is 0 Å². The summed E-state index contributed by atoms with van der Waals surface area (Å²) in [5.41, 5.74) is 1.32. The molecule has 1 rings (SSSR count). The molecule has 10 nitrogen and oxygen atoms in total. The van der Waals surface area contributed by atoms with Crippen LogP contribution in [0.5, 0.6) is 0 Å². The monoisotopic (exact) mass is 935 g/mol. The molecule has 17 heteroatoms. The molecule has 2 unspecified atom stereocenters. The number of hydrogen-bond acceptors (Lipinski definition) is 13. The van der Waals surface area contributed by atoms with Crippen molar-refractivity contribution in [1.82, 2.24) is 5.32 Å². The Morgan fingerprint density at radius 2 is 1.40 bits per heavy atom. The summed E-state index contributed by atoms with van der Waals surface area (Å²) in [5.74, 6) is 0.177. The zero-order valence-electron chi connectivity index (χ0n) is 33.5. The van der Waals surface area contributed by atoms with Gasteiger partial charge in [-0.05, 0) is 0 Å². The predicted octanol–water partition coefficient (Wildman–Crippen LogP) is 7.31. The molecule has 0 aliphatic carbocycles. The van der Waals surface area contributed by atoms with E-state index in [1.807, 2.05) is 32.9 Å². The molecule has 0 amide bonds. The molecule has 55 heavy (non-hydrogen) atoms. The van der Waals surface area contributed by atoms with E-state index in [4.69, 9.17) is 48.1 Å². The first kappa shape index (κ1) is 52.6. The quantitative estimate of drug-likeness (QED) is 0.0298. The van der Waals surface area contributed by atoms with E-state index in [-0.39, 0.29) is 42.4 Å². The first-order chi connectivity index (χ1) is 26.3. The molecule has 1 aromatic carbocycles. The summed E-state index contributed by atoms with van der Waals surface area (Å²) in [4.78, 5) is 26.7. The summed E-state index contributed by atoms with van der Waals surface area (Å²) in [6.07, 6.45) is 12.7. The normalized spacial score (nSPS) is 13.2. The van der Waals surface area contributed by atoms with Gasteiger partial charge in [0.1, 0.15) is 0 Å². The number of esters is 2. The molecular weight excluding hydrogens is 871 g/mol. The van der Waals surface area contributed by atoms with Gasteiger partial charge in [-0.1, -0.05) is 32.6 Å². The van der Waals surface area contributed by atoms with Gasteiger partial charge in [0, 0.05) is 0 Å².